The Morgan fingerprint density at radius 2 is 1.44 bits per heavy atom. The van der Waals surface area contributed by atoms with Gasteiger partial charge in [-0.05, 0) is 0 Å². The summed E-state index contributed by atoms with van der Waals surface area (Å²) in [6.45, 7) is 3.80. The Morgan fingerprint density at radius 1 is 1.33 bits per heavy atom. The van der Waals surface area contributed by atoms with E-state index in [-0.39, 0.29) is 36.5 Å². The van der Waals surface area contributed by atoms with E-state index in [2.05, 4.69) is 6.92 Å². The molecule has 0 aromatic rings. The Labute approximate surface area is 75.7 Å². The van der Waals surface area contributed by atoms with E-state index in [9.17, 15) is 13.2 Å². The van der Waals surface area contributed by atoms with E-state index >= 15 is 0 Å². The maximum atomic E-state index is 11.1. The summed E-state index contributed by atoms with van der Waals surface area (Å²) >= 11 is 0. The molecule has 0 nitrogen and oxygen atoms in total. The first-order valence-electron chi connectivity index (χ1n) is 1.84. The zero-order valence-electron chi connectivity index (χ0n) is 5.03. The van der Waals surface area contributed by atoms with Gasteiger partial charge in [0.1, 0.15) is 0 Å². The number of hydrogen-bond acceptors (Lipinski definition) is 0. The van der Waals surface area contributed by atoms with Gasteiger partial charge < -0.3 is 6.92 Å². The minimum absolute atomic E-state index is 0. The summed E-state index contributed by atoms with van der Waals surface area (Å²) < 4.78 is 33.3. The van der Waals surface area contributed by atoms with Crippen molar-refractivity contribution in [2.75, 3.05) is 0 Å². The molecule has 0 aromatic heterocycles. The number of alkyl halides is 3. The van der Waals surface area contributed by atoms with Gasteiger partial charge in [0.05, 0.1) is 0 Å². The van der Waals surface area contributed by atoms with Gasteiger partial charge in [0, 0.05) is 19.5 Å². The third-order valence-corrected chi connectivity index (χ3v) is 0.559. The molecule has 0 aliphatic heterocycles. The normalized spacial score (nSPS) is 13.0. The largest absolute Gasteiger partial charge is 0.365 e. The van der Waals surface area contributed by atoms with E-state index in [0.29, 0.717) is 0 Å². The van der Waals surface area contributed by atoms with Crippen molar-refractivity contribution in [3.8, 4) is 0 Å². The van der Waals surface area contributed by atoms with Gasteiger partial charge in [0.25, 0.3) is 0 Å². The second-order valence-corrected chi connectivity index (χ2v) is 1.44. The van der Waals surface area contributed by atoms with Crippen LogP contribution in [-0.4, -0.2) is 6.18 Å². The number of hydrogen-bond donors (Lipinski definition) is 0. The first kappa shape index (κ1) is 16.5. The van der Waals surface area contributed by atoms with Gasteiger partial charge >= 0.3 is 6.18 Å². The van der Waals surface area contributed by atoms with E-state index in [1.165, 1.54) is 0 Å². The monoisotopic (exact) mass is 255 g/mol. The third-order valence-electron chi connectivity index (χ3n) is 0.559. The van der Waals surface area contributed by atoms with Gasteiger partial charge in [-0.25, -0.2) is 0 Å². The van der Waals surface area contributed by atoms with Gasteiger partial charge in [-0.15, -0.1) is 17.0 Å². The first-order valence-corrected chi connectivity index (χ1v) is 1.84. The van der Waals surface area contributed by atoms with Gasteiger partial charge in [0.2, 0.25) is 0 Å². The predicted molar refractivity (Wildman–Crippen MR) is 30.9 cm³/mol. The molecule has 0 spiro atoms. The van der Waals surface area contributed by atoms with Gasteiger partial charge in [-0.2, -0.15) is 13.2 Å². The van der Waals surface area contributed by atoms with Gasteiger partial charge in [-0.3, -0.25) is 0 Å². The van der Waals surface area contributed by atoms with Gasteiger partial charge in [0.15, 0.2) is 0 Å². The average molecular weight is 257 g/mol. The van der Waals surface area contributed by atoms with Crippen molar-refractivity contribution in [1.82, 2.24) is 0 Å². The predicted octanol–water partition coefficient (Wildman–Crippen LogP) is 2.59. The Morgan fingerprint density at radius 3 is 1.44 bits per heavy atom. The van der Waals surface area contributed by atoms with Crippen molar-refractivity contribution >= 4 is 17.0 Å². The van der Waals surface area contributed by atoms with Gasteiger partial charge in [-0.1, -0.05) is 12.8 Å². The fourth-order valence-corrected chi connectivity index (χ4v) is 0. The molecule has 54 valence electrons. The minimum atomic E-state index is -4.11. The molecule has 0 aliphatic rings. The van der Waals surface area contributed by atoms with Crippen LogP contribution in [0.4, 0.5) is 13.2 Å². The molecule has 0 fully saturated rings. The van der Waals surface area contributed by atoms with Crippen LogP contribution in [0.3, 0.4) is 0 Å². The molecule has 5 heteroatoms. The minimum Gasteiger partial charge on any atom is -0.332 e. The molecule has 1 unspecified atom stereocenters. The fraction of sp³-hybridized carbons (Fsp3) is 0.750. The van der Waals surface area contributed by atoms with E-state index in [1.54, 1.807) is 0 Å². The van der Waals surface area contributed by atoms with Crippen LogP contribution in [0.25, 0.3) is 0 Å². The average Bonchev–Trinajstić information content (AvgIpc) is 1.31. The van der Waals surface area contributed by atoms with Crippen LogP contribution in [0.2, 0.25) is 0 Å². The molecule has 0 aromatic carbocycles. The molecule has 0 saturated heterocycles. The standard InChI is InChI=1S/C4H6F3.BrH.Zn/c1-3(2)4(5,6)7;;/h3H,1H2,2H3;1H;/q-1;;. The molecule has 0 bridgehead atoms. The molecule has 0 rings (SSSR count). The van der Waals surface area contributed by atoms with Crippen LogP contribution in [-0.2, 0) is 19.5 Å². The van der Waals surface area contributed by atoms with Crippen LogP contribution in [0.1, 0.15) is 6.92 Å². The smallest absolute Gasteiger partial charge is 0.332 e. The molecule has 9 heavy (non-hydrogen) atoms. The molecular formula is C4H7BrF3Zn-. The Balaban J connectivity index is -0.000000180. The Bertz CT molecular complexity index is 61.3. The molecule has 0 heterocycles. The summed E-state index contributed by atoms with van der Waals surface area (Å²) in [5, 5.41) is 0. The zero-order valence-corrected chi connectivity index (χ0v) is 9.71. The topological polar surface area (TPSA) is 0 Å². The molecule has 0 radical (unpaired) electrons. The van der Waals surface area contributed by atoms with Crippen molar-refractivity contribution in [2.24, 2.45) is 5.92 Å². The summed E-state index contributed by atoms with van der Waals surface area (Å²) in [5.41, 5.74) is 0. The summed E-state index contributed by atoms with van der Waals surface area (Å²) in [5.74, 6) is -1.45. The Hall–Kier alpha value is 0.893. The second kappa shape index (κ2) is 5.66. The van der Waals surface area contributed by atoms with E-state index in [0.717, 1.165) is 6.92 Å². The summed E-state index contributed by atoms with van der Waals surface area (Å²) in [6, 6.07) is 0. The Kier molecular flexibility index (Phi) is 10.4. The van der Waals surface area contributed by atoms with Crippen molar-refractivity contribution in [3.63, 3.8) is 0 Å². The number of halogens is 4. The summed E-state index contributed by atoms with van der Waals surface area (Å²) in [6.07, 6.45) is -4.11. The fourth-order valence-electron chi connectivity index (χ4n) is 0. The molecular weight excluding hydrogens is 250 g/mol. The molecule has 0 aliphatic carbocycles. The van der Waals surface area contributed by atoms with Crippen LogP contribution in [0, 0.1) is 12.8 Å². The summed E-state index contributed by atoms with van der Waals surface area (Å²) in [4.78, 5) is 0. The van der Waals surface area contributed by atoms with E-state index < -0.39 is 12.1 Å². The quantitative estimate of drug-likeness (QED) is 0.462. The van der Waals surface area contributed by atoms with E-state index in [4.69, 9.17) is 0 Å². The van der Waals surface area contributed by atoms with Crippen LogP contribution in [0.5, 0.6) is 0 Å². The second-order valence-electron chi connectivity index (χ2n) is 1.44. The first-order chi connectivity index (χ1) is 2.94. The van der Waals surface area contributed by atoms with Crippen LogP contribution < -0.4 is 0 Å². The summed E-state index contributed by atoms with van der Waals surface area (Å²) in [7, 11) is 0. The third kappa shape index (κ3) is 8.89. The van der Waals surface area contributed by atoms with Crippen LogP contribution >= 0.6 is 17.0 Å². The molecule has 0 saturated carbocycles. The molecule has 0 N–H and O–H groups in total. The van der Waals surface area contributed by atoms with Crippen molar-refractivity contribution in [2.45, 2.75) is 13.1 Å². The van der Waals surface area contributed by atoms with Crippen LogP contribution in [0.15, 0.2) is 0 Å². The maximum absolute atomic E-state index is 11.1. The van der Waals surface area contributed by atoms with E-state index in [1.807, 2.05) is 0 Å². The number of rotatable bonds is 0. The van der Waals surface area contributed by atoms with Crippen molar-refractivity contribution in [1.29, 1.82) is 0 Å². The zero-order chi connectivity index (χ0) is 6.08. The maximum Gasteiger partial charge on any atom is 0.365 e. The van der Waals surface area contributed by atoms with Crippen molar-refractivity contribution in [3.05, 3.63) is 6.92 Å². The molecule has 1 atom stereocenters. The van der Waals surface area contributed by atoms with Crippen molar-refractivity contribution < 1.29 is 32.6 Å². The molecule has 0 amide bonds. The SMILES string of the molecule is Br.[CH2-]C(C)C(F)(F)F.[Zn].